The van der Waals surface area contributed by atoms with E-state index in [1.54, 1.807) is 0 Å². The molecule has 1 heterocycles. The Kier molecular flexibility index (Phi) is 3.49. The predicted molar refractivity (Wildman–Crippen MR) is 69.7 cm³/mol. The van der Waals surface area contributed by atoms with Crippen molar-refractivity contribution in [2.24, 2.45) is 5.73 Å². The van der Waals surface area contributed by atoms with E-state index in [1.807, 2.05) is 0 Å². The number of nitrogens with zero attached hydrogens (tertiary/aromatic N) is 1. The van der Waals surface area contributed by atoms with E-state index in [9.17, 15) is 0 Å². The lowest BCUT2D eigenvalue weighted by molar-refractivity contribution is 0.483. The van der Waals surface area contributed by atoms with Gasteiger partial charge in [0.25, 0.3) is 0 Å². The monoisotopic (exact) mass is 218 g/mol. The van der Waals surface area contributed by atoms with Gasteiger partial charge in [-0.25, -0.2) is 0 Å². The van der Waals surface area contributed by atoms with Gasteiger partial charge in [-0.3, -0.25) is 0 Å². The molecule has 2 heteroatoms. The van der Waals surface area contributed by atoms with Gasteiger partial charge >= 0.3 is 0 Å². The SMILES string of the molecule is CC(N)c1ccccc1N1CCCCC1C. The fourth-order valence-electron chi connectivity index (χ4n) is 2.59. The van der Waals surface area contributed by atoms with E-state index in [-0.39, 0.29) is 6.04 Å². The normalized spacial score (nSPS) is 23.2. The molecule has 1 aliphatic heterocycles. The lowest BCUT2D eigenvalue weighted by atomic mass is 9.99. The first-order chi connectivity index (χ1) is 7.70. The van der Waals surface area contributed by atoms with E-state index in [2.05, 4.69) is 43.0 Å². The average Bonchev–Trinajstić information content (AvgIpc) is 2.29. The summed E-state index contributed by atoms with van der Waals surface area (Å²) >= 11 is 0. The highest BCUT2D eigenvalue weighted by Crippen LogP contribution is 2.30. The molecule has 0 bridgehead atoms. The van der Waals surface area contributed by atoms with Gasteiger partial charge < -0.3 is 10.6 Å². The second-order valence-electron chi connectivity index (χ2n) is 4.89. The molecule has 2 unspecified atom stereocenters. The van der Waals surface area contributed by atoms with Gasteiger partial charge in [0.15, 0.2) is 0 Å². The van der Waals surface area contributed by atoms with E-state index in [0.717, 1.165) is 0 Å². The van der Waals surface area contributed by atoms with E-state index >= 15 is 0 Å². The number of nitrogens with two attached hydrogens (primary N) is 1. The second kappa shape index (κ2) is 4.88. The Morgan fingerprint density at radius 1 is 1.31 bits per heavy atom. The smallest absolute Gasteiger partial charge is 0.0416 e. The molecule has 88 valence electrons. The third-order valence-electron chi connectivity index (χ3n) is 3.54. The van der Waals surface area contributed by atoms with Gasteiger partial charge in [-0.1, -0.05) is 18.2 Å². The van der Waals surface area contributed by atoms with Crippen molar-refractivity contribution in [1.82, 2.24) is 0 Å². The molecule has 0 spiro atoms. The molecule has 0 saturated carbocycles. The molecule has 0 radical (unpaired) electrons. The van der Waals surface area contributed by atoms with E-state index < -0.39 is 0 Å². The van der Waals surface area contributed by atoms with Crippen LogP contribution in [0.5, 0.6) is 0 Å². The number of rotatable bonds is 2. The molecule has 1 aromatic rings. The van der Waals surface area contributed by atoms with Gasteiger partial charge in [-0.15, -0.1) is 0 Å². The Morgan fingerprint density at radius 3 is 2.75 bits per heavy atom. The van der Waals surface area contributed by atoms with Crippen molar-refractivity contribution >= 4 is 5.69 Å². The summed E-state index contributed by atoms with van der Waals surface area (Å²) in [6.45, 7) is 5.55. The molecule has 2 N–H and O–H groups in total. The fourth-order valence-corrected chi connectivity index (χ4v) is 2.59. The summed E-state index contributed by atoms with van der Waals surface area (Å²) < 4.78 is 0. The van der Waals surface area contributed by atoms with Crippen LogP contribution in [0.4, 0.5) is 5.69 Å². The largest absolute Gasteiger partial charge is 0.369 e. The van der Waals surface area contributed by atoms with Crippen molar-refractivity contribution in [3.8, 4) is 0 Å². The minimum atomic E-state index is 0.116. The summed E-state index contributed by atoms with van der Waals surface area (Å²) in [5.41, 5.74) is 8.65. The maximum Gasteiger partial charge on any atom is 0.0416 e. The predicted octanol–water partition coefficient (Wildman–Crippen LogP) is 3.09. The van der Waals surface area contributed by atoms with Crippen LogP contribution in [0.1, 0.15) is 44.7 Å². The Bertz CT molecular complexity index is 346. The maximum absolute atomic E-state index is 6.04. The number of anilines is 1. The Hall–Kier alpha value is -1.02. The van der Waals surface area contributed by atoms with Crippen LogP contribution in [-0.4, -0.2) is 12.6 Å². The molecule has 1 fully saturated rings. The van der Waals surface area contributed by atoms with E-state index in [1.165, 1.54) is 37.1 Å². The second-order valence-corrected chi connectivity index (χ2v) is 4.89. The van der Waals surface area contributed by atoms with Gasteiger partial charge in [0, 0.05) is 24.3 Å². The first-order valence-electron chi connectivity index (χ1n) is 6.31. The summed E-state index contributed by atoms with van der Waals surface area (Å²) in [7, 11) is 0. The first-order valence-corrected chi connectivity index (χ1v) is 6.31. The Morgan fingerprint density at radius 2 is 2.06 bits per heavy atom. The number of hydrogen-bond donors (Lipinski definition) is 1. The highest BCUT2D eigenvalue weighted by molar-refractivity contribution is 5.55. The number of hydrogen-bond acceptors (Lipinski definition) is 2. The van der Waals surface area contributed by atoms with E-state index in [4.69, 9.17) is 5.73 Å². The van der Waals surface area contributed by atoms with Crippen LogP contribution < -0.4 is 10.6 Å². The van der Waals surface area contributed by atoms with Crippen LogP contribution in [0, 0.1) is 0 Å². The van der Waals surface area contributed by atoms with Crippen LogP contribution in [0.25, 0.3) is 0 Å². The van der Waals surface area contributed by atoms with E-state index in [0.29, 0.717) is 6.04 Å². The van der Waals surface area contributed by atoms with Crippen molar-refractivity contribution < 1.29 is 0 Å². The molecular formula is C14H22N2. The standard InChI is InChI=1S/C14H22N2/c1-11-7-5-6-10-16(11)14-9-4-3-8-13(14)12(2)15/h3-4,8-9,11-12H,5-7,10,15H2,1-2H3. The summed E-state index contributed by atoms with van der Waals surface area (Å²) in [6.07, 6.45) is 3.96. The topological polar surface area (TPSA) is 29.3 Å². The molecule has 16 heavy (non-hydrogen) atoms. The van der Waals surface area contributed by atoms with Crippen LogP contribution in [0.2, 0.25) is 0 Å². The zero-order valence-electron chi connectivity index (χ0n) is 10.3. The molecule has 0 amide bonds. The van der Waals surface area contributed by atoms with Crippen LogP contribution in [0.15, 0.2) is 24.3 Å². The van der Waals surface area contributed by atoms with Crippen LogP contribution >= 0.6 is 0 Å². The van der Waals surface area contributed by atoms with Crippen LogP contribution in [-0.2, 0) is 0 Å². The highest BCUT2D eigenvalue weighted by atomic mass is 15.2. The molecule has 0 aliphatic carbocycles. The molecule has 1 aliphatic rings. The number of piperidine rings is 1. The van der Waals surface area contributed by atoms with Gasteiger partial charge in [0.05, 0.1) is 0 Å². The Labute approximate surface area is 98.4 Å². The van der Waals surface area contributed by atoms with Gasteiger partial charge in [-0.2, -0.15) is 0 Å². The fraction of sp³-hybridized carbons (Fsp3) is 0.571. The van der Waals surface area contributed by atoms with Crippen molar-refractivity contribution in [3.63, 3.8) is 0 Å². The number of benzene rings is 1. The molecular weight excluding hydrogens is 196 g/mol. The molecule has 2 rings (SSSR count). The molecule has 2 atom stereocenters. The van der Waals surface area contributed by atoms with Crippen molar-refractivity contribution in [1.29, 1.82) is 0 Å². The lowest BCUT2D eigenvalue weighted by Crippen LogP contribution is -2.38. The molecule has 1 aromatic carbocycles. The van der Waals surface area contributed by atoms with Crippen molar-refractivity contribution in [2.75, 3.05) is 11.4 Å². The summed E-state index contributed by atoms with van der Waals surface area (Å²) in [5.74, 6) is 0. The Balaban J connectivity index is 2.31. The summed E-state index contributed by atoms with van der Waals surface area (Å²) in [5, 5.41) is 0. The van der Waals surface area contributed by atoms with Gasteiger partial charge in [0.2, 0.25) is 0 Å². The van der Waals surface area contributed by atoms with Gasteiger partial charge in [0.1, 0.15) is 0 Å². The minimum absolute atomic E-state index is 0.116. The summed E-state index contributed by atoms with van der Waals surface area (Å²) in [4.78, 5) is 2.52. The first kappa shape index (κ1) is 11.5. The lowest BCUT2D eigenvalue weighted by Gasteiger charge is -2.37. The third-order valence-corrected chi connectivity index (χ3v) is 3.54. The van der Waals surface area contributed by atoms with Crippen LogP contribution in [0.3, 0.4) is 0 Å². The zero-order chi connectivity index (χ0) is 11.5. The van der Waals surface area contributed by atoms with Crippen molar-refractivity contribution in [2.45, 2.75) is 45.2 Å². The summed E-state index contributed by atoms with van der Waals surface area (Å²) in [6, 6.07) is 9.32. The quantitative estimate of drug-likeness (QED) is 0.826. The average molecular weight is 218 g/mol. The zero-order valence-corrected chi connectivity index (χ0v) is 10.3. The molecule has 2 nitrogen and oxygen atoms in total. The number of para-hydroxylation sites is 1. The highest BCUT2D eigenvalue weighted by Gasteiger charge is 2.21. The molecule has 1 saturated heterocycles. The van der Waals surface area contributed by atoms with Crippen molar-refractivity contribution in [3.05, 3.63) is 29.8 Å². The molecule has 0 aromatic heterocycles. The minimum Gasteiger partial charge on any atom is -0.369 e. The van der Waals surface area contributed by atoms with Gasteiger partial charge in [-0.05, 0) is 44.7 Å². The maximum atomic E-state index is 6.04. The third kappa shape index (κ3) is 2.22.